The molecule has 0 aliphatic heterocycles. The predicted molar refractivity (Wildman–Crippen MR) is 80.7 cm³/mol. The Morgan fingerprint density at radius 3 is 2.55 bits per heavy atom. The summed E-state index contributed by atoms with van der Waals surface area (Å²) in [6, 6.07) is 0.224. The molecule has 0 saturated heterocycles. The fourth-order valence-electron chi connectivity index (χ4n) is 2.76. The Hall–Kier alpha value is -1.24. The third-order valence-electron chi connectivity index (χ3n) is 3.74. The van der Waals surface area contributed by atoms with E-state index in [1.54, 1.807) is 4.68 Å². The maximum Gasteiger partial charge on any atom is 0.182 e. The maximum atomic E-state index is 12.0. The molecule has 0 amide bonds. The summed E-state index contributed by atoms with van der Waals surface area (Å²) in [6.45, 7) is 2.71. The van der Waals surface area contributed by atoms with Gasteiger partial charge in [0.25, 0.3) is 0 Å². The van der Waals surface area contributed by atoms with Crippen molar-refractivity contribution in [1.82, 2.24) is 9.78 Å². The van der Waals surface area contributed by atoms with Crippen molar-refractivity contribution >= 4 is 21.5 Å². The van der Waals surface area contributed by atoms with E-state index in [0.717, 1.165) is 32.1 Å². The van der Waals surface area contributed by atoms with Crippen LogP contribution in [0.1, 0.15) is 51.5 Å². The molecule has 0 bridgehead atoms. The lowest BCUT2D eigenvalue weighted by atomic mass is 9.96. The van der Waals surface area contributed by atoms with Crippen molar-refractivity contribution < 1.29 is 8.42 Å². The molecule has 0 radical (unpaired) electrons. The van der Waals surface area contributed by atoms with Crippen LogP contribution in [0.4, 0.5) is 11.6 Å². The largest absolute Gasteiger partial charge is 0.383 e. The molecule has 2 rings (SSSR count). The summed E-state index contributed by atoms with van der Waals surface area (Å²) in [4.78, 5) is 0.150. The molecule has 1 saturated carbocycles. The highest BCUT2D eigenvalue weighted by atomic mass is 32.2. The summed E-state index contributed by atoms with van der Waals surface area (Å²) in [5, 5.41) is 7.52. The molecule has 0 aromatic carbocycles. The van der Waals surface area contributed by atoms with Gasteiger partial charge in [-0.2, -0.15) is 5.10 Å². The summed E-state index contributed by atoms with van der Waals surface area (Å²) < 4.78 is 25.6. The minimum Gasteiger partial charge on any atom is -0.383 e. The van der Waals surface area contributed by atoms with E-state index in [1.165, 1.54) is 12.7 Å². The molecule has 6 nitrogen and oxygen atoms in total. The average molecular weight is 300 g/mol. The second-order valence-electron chi connectivity index (χ2n) is 5.50. The molecule has 1 aromatic heterocycles. The summed E-state index contributed by atoms with van der Waals surface area (Å²) in [5.41, 5.74) is 6.07. The number of nitrogens with zero attached hydrogens (tertiary/aromatic N) is 2. The first-order chi connectivity index (χ1) is 9.45. The first-order valence-corrected chi connectivity index (χ1v) is 9.16. The van der Waals surface area contributed by atoms with Crippen LogP contribution in [0.3, 0.4) is 0 Å². The van der Waals surface area contributed by atoms with Crippen molar-refractivity contribution in [1.29, 1.82) is 0 Å². The monoisotopic (exact) mass is 300 g/mol. The molecule has 1 fully saturated rings. The first kappa shape index (κ1) is 15.2. The van der Waals surface area contributed by atoms with Crippen molar-refractivity contribution in [3.05, 3.63) is 0 Å². The number of anilines is 2. The van der Waals surface area contributed by atoms with Crippen LogP contribution in [-0.2, 0) is 9.84 Å². The fraction of sp³-hybridized carbons (Fsp3) is 0.769. The number of nitrogens with two attached hydrogens (primary N) is 1. The smallest absolute Gasteiger partial charge is 0.182 e. The van der Waals surface area contributed by atoms with Crippen LogP contribution in [0.15, 0.2) is 4.90 Å². The molecule has 1 aliphatic carbocycles. The molecular formula is C13H24N4O2S. The molecule has 1 aliphatic rings. The van der Waals surface area contributed by atoms with E-state index in [2.05, 4.69) is 10.4 Å². The Morgan fingerprint density at radius 1 is 1.35 bits per heavy atom. The quantitative estimate of drug-likeness (QED) is 0.870. The van der Waals surface area contributed by atoms with Gasteiger partial charge in [-0.05, 0) is 19.3 Å². The average Bonchev–Trinajstić information content (AvgIpc) is 2.74. The number of hydrogen-bond acceptors (Lipinski definition) is 5. The molecular weight excluding hydrogens is 276 g/mol. The van der Waals surface area contributed by atoms with Crippen LogP contribution < -0.4 is 11.1 Å². The van der Waals surface area contributed by atoms with Gasteiger partial charge in [-0.3, -0.25) is 0 Å². The first-order valence-electron chi connectivity index (χ1n) is 7.27. The molecule has 1 heterocycles. The molecule has 0 spiro atoms. The Bertz CT molecular complexity index is 559. The standard InChI is InChI=1S/C13H24N4O2S/c1-3-9-15-13-11(20(2,18)19)12(14)17(16-13)10-7-5-4-6-8-10/h10H,3-9,14H2,1-2H3,(H,15,16). The summed E-state index contributed by atoms with van der Waals surface area (Å²) in [6.07, 6.45) is 7.65. The van der Waals surface area contributed by atoms with Gasteiger partial charge in [0.1, 0.15) is 5.82 Å². The van der Waals surface area contributed by atoms with Crippen LogP contribution in [0.25, 0.3) is 0 Å². The van der Waals surface area contributed by atoms with Crippen LogP contribution in [0.2, 0.25) is 0 Å². The molecule has 114 valence electrons. The molecule has 0 atom stereocenters. The topological polar surface area (TPSA) is 90.0 Å². The highest BCUT2D eigenvalue weighted by Gasteiger charge is 2.27. The molecule has 1 aromatic rings. The van der Waals surface area contributed by atoms with Gasteiger partial charge in [-0.25, -0.2) is 13.1 Å². The van der Waals surface area contributed by atoms with Crippen molar-refractivity contribution in [3.63, 3.8) is 0 Å². The van der Waals surface area contributed by atoms with Crippen LogP contribution in [0.5, 0.6) is 0 Å². The third kappa shape index (κ3) is 3.08. The van der Waals surface area contributed by atoms with Gasteiger partial charge in [-0.1, -0.05) is 26.2 Å². The maximum absolute atomic E-state index is 12.0. The number of sulfone groups is 1. The molecule has 7 heteroatoms. The minimum atomic E-state index is -3.38. The zero-order valence-electron chi connectivity index (χ0n) is 12.2. The zero-order valence-corrected chi connectivity index (χ0v) is 13.0. The summed E-state index contributed by atoms with van der Waals surface area (Å²) in [7, 11) is -3.38. The van der Waals surface area contributed by atoms with E-state index >= 15 is 0 Å². The number of hydrogen-bond donors (Lipinski definition) is 2. The van der Waals surface area contributed by atoms with Gasteiger partial charge >= 0.3 is 0 Å². The highest BCUT2D eigenvalue weighted by Crippen LogP contribution is 2.35. The Kier molecular flexibility index (Phi) is 4.57. The Balaban J connectivity index is 2.40. The van der Waals surface area contributed by atoms with Gasteiger partial charge in [-0.15, -0.1) is 0 Å². The van der Waals surface area contributed by atoms with Crippen molar-refractivity contribution in [2.45, 2.75) is 56.4 Å². The lowest BCUT2D eigenvalue weighted by Gasteiger charge is -2.22. The van der Waals surface area contributed by atoms with E-state index in [0.29, 0.717) is 12.4 Å². The molecule has 20 heavy (non-hydrogen) atoms. The van der Waals surface area contributed by atoms with Gasteiger partial charge in [0.2, 0.25) is 0 Å². The van der Waals surface area contributed by atoms with Gasteiger partial charge < -0.3 is 11.1 Å². The van der Waals surface area contributed by atoms with Crippen LogP contribution >= 0.6 is 0 Å². The second kappa shape index (κ2) is 6.03. The van der Waals surface area contributed by atoms with Crippen molar-refractivity contribution in [3.8, 4) is 0 Å². The van der Waals surface area contributed by atoms with Crippen LogP contribution in [0, 0.1) is 0 Å². The van der Waals surface area contributed by atoms with E-state index in [1.807, 2.05) is 6.92 Å². The van der Waals surface area contributed by atoms with Crippen molar-refractivity contribution in [2.24, 2.45) is 0 Å². The molecule has 0 unspecified atom stereocenters. The normalized spacial score (nSPS) is 17.3. The summed E-state index contributed by atoms with van der Waals surface area (Å²) in [5.74, 6) is 0.676. The van der Waals surface area contributed by atoms with E-state index in [9.17, 15) is 8.42 Å². The third-order valence-corrected chi connectivity index (χ3v) is 4.88. The molecule has 3 N–H and O–H groups in total. The van der Waals surface area contributed by atoms with Gasteiger partial charge in [0.05, 0.1) is 6.04 Å². The minimum absolute atomic E-state index is 0.150. The van der Waals surface area contributed by atoms with Crippen molar-refractivity contribution in [2.75, 3.05) is 23.9 Å². The Labute approximate surface area is 120 Å². The van der Waals surface area contributed by atoms with Crippen LogP contribution in [-0.4, -0.2) is 31.0 Å². The van der Waals surface area contributed by atoms with E-state index < -0.39 is 9.84 Å². The fourth-order valence-corrected chi connectivity index (χ4v) is 3.70. The van der Waals surface area contributed by atoms with Gasteiger partial charge in [0.15, 0.2) is 20.6 Å². The van der Waals surface area contributed by atoms with Gasteiger partial charge in [0, 0.05) is 12.8 Å². The van der Waals surface area contributed by atoms with E-state index in [4.69, 9.17) is 5.73 Å². The Morgan fingerprint density at radius 2 is 2.00 bits per heavy atom. The highest BCUT2D eigenvalue weighted by molar-refractivity contribution is 7.91. The lowest BCUT2D eigenvalue weighted by molar-refractivity contribution is 0.333. The predicted octanol–water partition coefficient (Wildman–Crippen LogP) is 2.20. The number of nitrogen functional groups attached to an aromatic ring is 1. The zero-order chi connectivity index (χ0) is 14.8. The lowest BCUT2D eigenvalue weighted by Crippen LogP contribution is -2.16. The number of rotatable bonds is 5. The van der Waals surface area contributed by atoms with E-state index in [-0.39, 0.29) is 16.8 Å². The second-order valence-corrected chi connectivity index (χ2v) is 7.45. The SMILES string of the molecule is CCCNc1nn(C2CCCCC2)c(N)c1S(C)(=O)=O. The summed E-state index contributed by atoms with van der Waals surface area (Å²) >= 11 is 0. The number of aromatic nitrogens is 2. The number of nitrogens with one attached hydrogen (secondary N) is 1.